The molecule has 0 spiro atoms. The van der Waals surface area contributed by atoms with E-state index in [1.54, 1.807) is 27.8 Å². The summed E-state index contributed by atoms with van der Waals surface area (Å²) in [6.07, 6.45) is 5.85. The average molecular weight is 612 g/mol. The molecule has 0 saturated carbocycles. The number of hydrogen-bond donors (Lipinski definition) is 1. The molecule has 1 aliphatic rings. The Kier molecular flexibility index (Phi) is 8.00. The number of hydrogen-bond acceptors (Lipinski definition) is 9. The maximum absolute atomic E-state index is 13.4. The molecule has 13 nitrogen and oxygen atoms in total. The number of piperidine rings is 1. The minimum atomic E-state index is -0.542. The summed E-state index contributed by atoms with van der Waals surface area (Å²) in [5.74, 6) is 1.21. The molecule has 1 N–H and O–H groups in total. The second-order valence-electron chi connectivity index (χ2n) is 11.9. The number of fused-ring (bicyclic) bond motifs is 2. The summed E-state index contributed by atoms with van der Waals surface area (Å²) in [6, 6.07) is 11.3. The van der Waals surface area contributed by atoms with Crippen LogP contribution in [0.1, 0.15) is 40.5 Å². The van der Waals surface area contributed by atoms with Gasteiger partial charge in [0, 0.05) is 55.8 Å². The Morgan fingerprint density at radius 3 is 2.67 bits per heavy atom. The molecule has 4 aromatic heterocycles. The standard InChI is InChI=1S/C32H37N9O4/c1-6-15-40-29(42)24-20-33-30(35-22-11-12-25-21(18-22)19-34-39(25)7-2)37-28(24)41(40)26-9-8-10-27(36-26)44-23-13-16-38(17-14-23)31(43)45-32(3,4)5/h6,8-12,18-20,23H,1,7,13-17H2,2-5H3,(H,33,35,37). The highest BCUT2D eigenvalue weighted by atomic mass is 16.6. The summed E-state index contributed by atoms with van der Waals surface area (Å²) >= 11 is 0. The second-order valence-corrected chi connectivity index (χ2v) is 11.9. The van der Waals surface area contributed by atoms with Crippen LogP contribution in [-0.4, -0.2) is 69.9 Å². The molecule has 0 unspecified atom stereocenters. The summed E-state index contributed by atoms with van der Waals surface area (Å²) in [5, 5.41) is 9.02. The van der Waals surface area contributed by atoms with Gasteiger partial charge in [0.25, 0.3) is 5.56 Å². The van der Waals surface area contributed by atoms with Crippen molar-refractivity contribution >= 4 is 39.7 Å². The first-order chi connectivity index (χ1) is 21.6. The van der Waals surface area contributed by atoms with Crippen molar-refractivity contribution in [3.8, 4) is 11.7 Å². The van der Waals surface area contributed by atoms with Gasteiger partial charge < -0.3 is 19.7 Å². The first-order valence-corrected chi connectivity index (χ1v) is 15.1. The molecule has 1 aromatic carbocycles. The zero-order valence-electron chi connectivity index (χ0n) is 25.9. The van der Waals surface area contributed by atoms with Gasteiger partial charge in [0.1, 0.15) is 17.1 Å². The summed E-state index contributed by atoms with van der Waals surface area (Å²) in [4.78, 5) is 41.5. The SMILES string of the molecule is C=CCn1c(=O)c2cnc(Nc3ccc4c(cnn4CC)c3)nc2n1-c1cccc(OC2CCN(C(=O)OC(C)(C)C)CC2)n1. The molecule has 13 heteroatoms. The molecule has 234 valence electrons. The molecule has 5 aromatic rings. The number of aryl methyl sites for hydroxylation is 1. The predicted molar refractivity (Wildman–Crippen MR) is 171 cm³/mol. The van der Waals surface area contributed by atoms with Crippen molar-refractivity contribution in [2.75, 3.05) is 18.4 Å². The average Bonchev–Trinajstić information content (AvgIpc) is 3.54. The molecule has 6 rings (SSSR count). The van der Waals surface area contributed by atoms with Gasteiger partial charge in [-0.25, -0.2) is 19.1 Å². The van der Waals surface area contributed by atoms with E-state index in [-0.39, 0.29) is 24.3 Å². The fourth-order valence-corrected chi connectivity index (χ4v) is 5.40. The third-order valence-corrected chi connectivity index (χ3v) is 7.48. The van der Waals surface area contributed by atoms with Crippen molar-refractivity contribution in [2.45, 2.75) is 65.3 Å². The first-order valence-electron chi connectivity index (χ1n) is 15.1. The van der Waals surface area contributed by atoms with Crippen LogP contribution in [0.5, 0.6) is 5.88 Å². The molecule has 5 heterocycles. The van der Waals surface area contributed by atoms with E-state index in [9.17, 15) is 9.59 Å². The molecule has 0 radical (unpaired) electrons. The molecule has 1 saturated heterocycles. The summed E-state index contributed by atoms with van der Waals surface area (Å²) < 4.78 is 16.9. The Labute approximate surface area is 260 Å². The smallest absolute Gasteiger partial charge is 0.410 e. The van der Waals surface area contributed by atoms with E-state index in [2.05, 4.69) is 22.0 Å². The van der Waals surface area contributed by atoms with E-state index in [1.807, 2.05) is 62.8 Å². The van der Waals surface area contributed by atoms with Gasteiger partial charge in [0.2, 0.25) is 11.8 Å². The van der Waals surface area contributed by atoms with Gasteiger partial charge in [-0.3, -0.25) is 9.48 Å². The lowest BCUT2D eigenvalue weighted by atomic mass is 10.1. The molecular formula is C32H37N9O4. The highest BCUT2D eigenvalue weighted by Gasteiger charge is 2.28. The number of rotatable bonds is 8. The van der Waals surface area contributed by atoms with E-state index in [1.165, 1.54) is 10.9 Å². The Balaban J connectivity index is 1.26. The van der Waals surface area contributed by atoms with Crippen LogP contribution in [0.25, 0.3) is 27.8 Å². The Hall–Kier alpha value is -5.20. The minimum Gasteiger partial charge on any atom is -0.474 e. The number of anilines is 2. The number of benzene rings is 1. The van der Waals surface area contributed by atoms with Gasteiger partial charge >= 0.3 is 6.09 Å². The van der Waals surface area contributed by atoms with Crippen molar-refractivity contribution in [3.05, 3.63) is 71.8 Å². The maximum Gasteiger partial charge on any atom is 0.410 e. The monoisotopic (exact) mass is 611 g/mol. The molecule has 0 aliphatic carbocycles. The number of likely N-dealkylation sites (tertiary alicyclic amines) is 1. The normalized spacial score (nSPS) is 14.2. The third kappa shape index (κ3) is 6.24. The van der Waals surface area contributed by atoms with Gasteiger partial charge in [-0.2, -0.15) is 15.1 Å². The Morgan fingerprint density at radius 1 is 1.13 bits per heavy atom. The van der Waals surface area contributed by atoms with Crippen LogP contribution in [0.3, 0.4) is 0 Å². The van der Waals surface area contributed by atoms with Crippen LogP contribution in [-0.2, 0) is 17.8 Å². The number of aromatic nitrogens is 7. The zero-order valence-corrected chi connectivity index (χ0v) is 25.9. The highest BCUT2D eigenvalue weighted by molar-refractivity contribution is 5.83. The molecule has 0 atom stereocenters. The van der Waals surface area contributed by atoms with Crippen molar-refractivity contribution in [3.63, 3.8) is 0 Å². The number of allylic oxidation sites excluding steroid dienone is 1. The number of carbonyl (C=O) groups is 1. The lowest BCUT2D eigenvalue weighted by Crippen LogP contribution is -2.44. The number of pyridine rings is 1. The van der Waals surface area contributed by atoms with Crippen LogP contribution < -0.4 is 15.6 Å². The maximum atomic E-state index is 13.4. The van der Waals surface area contributed by atoms with Crippen LogP contribution in [0.4, 0.5) is 16.4 Å². The van der Waals surface area contributed by atoms with Crippen LogP contribution in [0, 0.1) is 0 Å². The summed E-state index contributed by atoms with van der Waals surface area (Å²) in [5.41, 5.74) is 1.43. The quantitative estimate of drug-likeness (QED) is 0.239. The van der Waals surface area contributed by atoms with Crippen molar-refractivity contribution < 1.29 is 14.3 Å². The van der Waals surface area contributed by atoms with E-state index in [0.717, 1.165) is 23.1 Å². The fourth-order valence-electron chi connectivity index (χ4n) is 5.40. The van der Waals surface area contributed by atoms with Gasteiger partial charge in [-0.05, 0) is 52.0 Å². The largest absolute Gasteiger partial charge is 0.474 e. The number of nitrogens with zero attached hydrogens (tertiary/aromatic N) is 8. The lowest BCUT2D eigenvalue weighted by Gasteiger charge is -2.33. The second kappa shape index (κ2) is 12.1. The summed E-state index contributed by atoms with van der Waals surface area (Å²) in [6.45, 7) is 13.5. The minimum absolute atomic E-state index is 0.122. The van der Waals surface area contributed by atoms with Crippen LogP contribution >= 0.6 is 0 Å². The first kappa shape index (κ1) is 29.9. The molecule has 1 fully saturated rings. The summed E-state index contributed by atoms with van der Waals surface area (Å²) in [7, 11) is 0. The van der Waals surface area contributed by atoms with Crippen molar-refractivity contribution in [1.82, 2.24) is 39.0 Å². The van der Waals surface area contributed by atoms with Crippen molar-refractivity contribution in [1.29, 1.82) is 0 Å². The number of amides is 1. The van der Waals surface area contributed by atoms with E-state index < -0.39 is 5.60 Å². The number of ether oxygens (including phenoxy) is 2. The Morgan fingerprint density at radius 2 is 1.93 bits per heavy atom. The predicted octanol–water partition coefficient (Wildman–Crippen LogP) is 5.05. The molecule has 1 amide bonds. The third-order valence-electron chi connectivity index (χ3n) is 7.48. The van der Waals surface area contributed by atoms with Crippen molar-refractivity contribution in [2.24, 2.45) is 0 Å². The van der Waals surface area contributed by atoms with Crippen LogP contribution in [0.15, 0.2) is 66.2 Å². The van der Waals surface area contributed by atoms with E-state index >= 15 is 0 Å². The van der Waals surface area contributed by atoms with Crippen LogP contribution in [0.2, 0.25) is 0 Å². The van der Waals surface area contributed by atoms with E-state index in [0.29, 0.717) is 54.6 Å². The van der Waals surface area contributed by atoms with Gasteiger partial charge in [0.15, 0.2) is 11.5 Å². The molecule has 1 aliphatic heterocycles. The van der Waals surface area contributed by atoms with Gasteiger partial charge in [-0.15, -0.1) is 6.58 Å². The van der Waals surface area contributed by atoms with Gasteiger partial charge in [0.05, 0.1) is 18.3 Å². The zero-order chi connectivity index (χ0) is 31.7. The topological polar surface area (TPSA) is 134 Å². The number of nitrogens with one attached hydrogen (secondary N) is 1. The molecule has 45 heavy (non-hydrogen) atoms. The number of carbonyl (C=O) groups excluding carboxylic acids is 1. The van der Waals surface area contributed by atoms with E-state index in [4.69, 9.17) is 19.4 Å². The lowest BCUT2D eigenvalue weighted by molar-refractivity contribution is 0.0123. The molecular weight excluding hydrogens is 574 g/mol. The highest BCUT2D eigenvalue weighted by Crippen LogP contribution is 2.24. The Bertz CT molecular complexity index is 1930. The fraction of sp³-hybridized carbons (Fsp3) is 0.375. The molecule has 0 bridgehead atoms. The van der Waals surface area contributed by atoms with Gasteiger partial charge in [-0.1, -0.05) is 12.1 Å².